The second kappa shape index (κ2) is 19.5. The molecule has 1 aromatic heterocycles. The molecule has 2 aromatic carbocycles. The number of nitrogens with one attached hydrogen (secondary N) is 3. The molecule has 0 aliphatic heterocycles. The van der Waals surface area contributed by atoms with Crippen LogP contribution in [0.15, 0.2) is 61.5 Å². The van der Waals surface area contributed by atoms with Gasteiger partial charge in [-0.3, -0.25) is 10.1 Å². The van der Waals surface area contributed by atoms with Crippen molar-refractivity contribution in [3.63, 3.8) is 0 Å². The maximum atomic E-state index is 14.2. The van der Waals surface area contributed by atoms with E-state index in [4.69, 9.17) is 20.3 Å². The van der Waals surface area contributed by atoms with Gasteiger partial charge < -0.3 is 30.9 Å². The molecule has 0 atom stereocenters. The molecule has 0 saturated heterocycles. The summed E-state index contributed by atoms with van der Waals surface area (Å²) in [4.78, 5) is 53.0. The number of hydrogen-bond acceptors (Lipinski definition) is 10. The summed E-state index contributed by atoms with van der Waals surface area (Å²) in [5.74, 6) is -1.05. The van der Waals surface area contributed by atoms with Crippen molar-refractivity contribution in [3.05, 3.63) is 52.9 Å². The summed E-state index contributed by atoms with van der Waals surface area (Å²) in [6.07, 6.45) is 1.90. The number of benzene rings is 2. The van der Waals surface area contributed by atoms with Gasteiger partial charge in [0, 0.05) is 32.3 Å². The van der Waals surface area contributed by atoms with Crippen LogP contribution < -0.4 is 21.7 Å². The van der Waals surface area contributed by atoms with Crippen LogP contribution in [0.4, 0.5) is 25.8 Å². The first-order valence-electron chi connectivity index (χ1n) is 17.6. The third-order valence-corrected chi connectivity index (χ3v) is 13.7. The van der Waals surface area contributed by atoms with Crippen LogP contribution in [-0.4, -0.2) is 76.6 Å². The summed E-state index contributed by atoms with van der Waals surface area (Å²) in [6, 6.07) is 11.2. The number of amides is 4. The number of thioether (sulfide) groups is 1. The Hall–Kier alpha value is -4.39. The zero-order chi connectivity index (χ0) is 41.1. The number of ether oxygens (including phenoxy) is 2. The van der Waals surface area contributed by atoms with Gasteiger partial charge in [-0.25, -0.2) is 22.8 Å². The van der Waals surface area contributed by atoms with Gasteiger partial charge in [-0.1, -0.05) is 38.2 Å². The molecular formula is C37H51N5O9S3Si. The fourth-order valence-electron chi connectivity index (χ4n) is 5.09. The summed E-state index contributed by atoms with van der Waals surface area (Å²) in [6.45, 7) is 13.9. The Labute approximate surface area is 332 Å². The van der Waals surface area contributed by atoms with Crippen molar-refractivity contribution in [2.45, 2.75) is 98.7 Å². The van der Waals surface area contributed by atoms with E-state index >= 15 is 0 Å². The average Bonchev–Trinajstić information content (AvgIpc) is 3.51. The summed E-state index contributed by atoms with van der Waals surface area (Å²) in [7, 11) is -5.58. The molecule has 1 heterocycles. The maximum Gasteiger partial charge on any atom is 0.436 e. The van der Waals surface area contributed by atoms with E-state index in [1.54, 1.807) is 58.2 Å². The van der Waals surface area contributed by atoms with E-state index in [1.165, 1.54) is 30.0 Å². The zero-order valence-electron chi connectivity index (χ0n) is 32.5. The lowest BCUT2D eigenvalue weighted by Crippen LogP contribution is -2.30. The van der Waals surface area contributed by atoms with E-state index in [0.717, 1.165) is 17.4 Å². The molecule has 18 heteroatoms. The lowest BCUT2D eigenvalue weighted by molar-refractivity contribution is -0.137. The van der Waals surface area contributed by atoms with Crippen LogP contribution in [0.25, 0.3) is 11.1 Å². The number of aliphatic carboxylic acids is 1. The minimum atomic E-state index is -4.14. The topological polar surface area (TPSA) is 216 Å². The minimum Gasteiger partial charge on any atom is -0.481 e. The van der Waals surface area contributed by atoms with Crippen LogP contribution in [0.2, 0.25) is 25.7 Å². The molecule has 4 amide bonds. The van der Waals surface area contributed by atoms with Crippen molar-refractivity contribution in [3.8, 4) is 11.1 Å². The number of aliphatic imine (C=N–C) groups is 1. The lowest BCUT2D eigenvalue weighted by Gasteiger charge is -2.19. The molecule has 14 nitrogen and oxygen atoms in total. The molecule has 55 heavy (non-hydrogen) atoms. The van der Waals surface area contributed by atoms with Gasteiger partial charge in [-0.15, -0.1) is 23.1 Å². The number of unbranched alkanes of at least 4 members (excludes halogenated alkanes) is 2. The molecule has 0 fully saturated rings. The van der Waals surface area contributed by atoms with Crippen molar-refractivity contribution in [2.24, 2.45) is 10.7 Å². The molecule has 3 rings (SSSR count). The van der Waals surface area contributed by atoms with E-state index in [0.29, 0.717) is 58.1 Å². The molecular weight excluding hydrogens is 783 g/mol. The van der Waals surface area contributed by atoms with Crippen molar-refractivity contribution in [1.29, 1.82) is 0 Å². The number of aryl methyl sites for hydroxylation is 1. The van der Waals surface area contributed by atoms with Crippen molar-refractivity contribution in [2.75, 3.05) is 30.0 Å². The Kier molecular flexibility index (Phi) is 15.9. The van der Waals surface area contributed by atoms with Gasteiger partial charge in [0.2, 0.25) is 9.84 Å². The predicted octanol–water partition coefficient (Wildman–Crippen LogP) is 8.57. The molecule has 0 unspecified atom stereocenters. The monoisotopic (exact) mass is 833 g/mol. The Morgan fingerprint density at radius 3 is 2.36 bits per heavy atom. The van der Waals surface area contributed by atoms with Gasteiger partial charge in [0.05, 0.1) is 31.2 Å². The number of rotatable bonds is 16. The fraction of sp³-hybridized carbons (Fsp3) is 0.432. The van der Waals surface area contributed by atoms with Gasteiger partial charge >= 0.3 is 24.2 Å². The summed E-state index contributed by atoms with van der Waals surface area (Å²) < 4.78 is 39.5. The molecule has 3 aromatic rings. The van der Waals surface area contributed by atoms with Crippen LogP contribution in [-0.2, 0) is 24.1 Å². The first kappa shape index (κ1) is 45.0. The molecule has 6 N–H and O–H groups in total. The van der Waals surface area contributed by atoms with Crippen molar-refractivity contribution < 1.29 is 42.2 Å². The normalized spacial score (nSPS) is 12.2. The number of sulfone groups is 1. The quantitative estimate of drug-likeness (QED) is 0.0303. The highest BCUT2D eigenvalue weighted by molar-refractivity contribution is 8.01. The number of anilines is 2. The number of carboxylic acid groups (broad SMARTS) is 1. The second-order valence-electron chi connectivity index (χ2n) is 14.8. The highest BCUT2D eigenvalue weighted by atomic mass is 32.2. The average molecular weight is 834 g/mol. The van der Waals surface area contributed by atoms with Crippen molar-refractivity contribution in [1.82, 2.24) is 5.32 Å². The molecule has 300 valence electrons. The molecule has 0 saturated carbocycles. The molecule has 0 aliphatic carbocycles. The van der Waals surface area contributed by atoms with Crippen LogP contribution in [0.5, 0.6) is 0 Å². The van der Waals surface area contributed by atoms with Crippen LogP contribution >= 0.6 is 23.1 Å². The zero-order valence-corrected chi connectivity index (χ0v) is 35.9. The fourth-order valence-corrected chi connectivity index (χ4v) is 9.75. The maximum absolute atomic E-state index is 14.2. The van der Waals surface area contributed by atoms with E-state index in [2.05, 4.69) is 40.6 Å². The van der Waals surface area contributed by atoms with Gasteiger partial charge in [0.25, 0.3) is 0 Å². The number of carbonyl (C=O) groups excluding carboxylic acids is 3. The minimum absolute atomic E-state index is 0.00974. The standard InChI is InChI=1S/C37H51N5O9S3Si/c1-23-19-25(40-35(46)50-17-18-55(6,7)8)21-27(41-34(45)39-16-11-9-10-15-30(43)44)31(23)24-13-12-14-26(20-24)54(48,49)29-22-28(53-33(29)52-5)32(38)42-36(47)51-37(2,3)4/h12-14,19-22H,9-11,15-18H2,1-8H3,(H,40,46)(H,43,44)(H2,38,42,47)(H2,39,41,45). The molecule has 0 bridgehead atoms. The Balaban J connectivity index is 1.99. The Morgan fingerprint density at radius 2 is 1.73 bits per heavy atom. The Bertz CT molecular complexity index is 2020. The number of hydrogen-bond donors (Lipinski definition) is 5. The van der Waals surface area contributed by atoms with E-state index in [9.17, 15) is 27.6 Å². The second-order valence-corrected chi connectivity index (χ2v) is 24.5. The van der Waals surface area contributed by atoms with Crippen LogP contribution in [0.3, 0.4) is 0 Å². The number of carbonyl (C=O) groups is 4. The Morgan fingerprint density at radius 1 is 1.02 bits per heavy atom. The van der Waals surface area contributed by atoms with E-state index in [1.807, 2.05) is 0 Å². The van der Waals surface area contributed by atoms with Gasteiger partial charge in [-0.05, 0) is 94.3 Å². The van der Waals surface area contributed by atoms with Gasteiger partial charge in [0.1, 0.15) is 11.4 Å². The van der Waals surface area contributed by atoms with E-state index < -0.39 is 47.7 Å². The third-order valence-electron chi connectivity index (χ3n) is 7.70. The number of urea groups is 1. The van der Waals surface area contributed by atoms with Crippen molar-refractivity contribution >= 4 is 82.4 Å². The summed E-state index contributed by atoms with van der Waals surface area (Å²) in [5, 5.41) is 17.2. The summed E-state index contributed by atoms with van der Waals surface area (Å²) >= 11 is 2.29. The largest absolute Gasteiger partial charge is 0.481 e. The van der Waals surface area contributed by atoms with Gasteiger partial charge in [-0.2, -0.15) is 4.99 Å². The first-order chi connectivity index (χ1) is 25.6. The summed E-state index contributed by atoms with van der Waals surface area (Å²) in [5.41, 5.74) is 7.57. The van der Waals surface area contributed by atoms with E-state index in [-0.39, 0.29) is 33.5 Å². The smallest absolute Gasteiger partial charge is 0.436 e. The molecule has 0 radical (unpaired) electrons. The number of nitrogens with two attached hydrogens (primary N) is 1. The first-order valence-corrected chi connectivity index (χ1v) is 24.8. The molecule has 0 aliphatic rings. The lowest BCUT2D eigenvalue weighted by atomic mass is 9.97. The predicted molar refractivity (Wildman–Crippen MR) is 221 cm³/mol. The van der Waals surface area contributed by atoms with Crippen LogP contribution in [0.1, 0.15) is 56.9 Å². The number of thiophene rings is 1. The third kappa shape index (κ3) is 14.3. The van der Waals surface area contributed by atoms with Crippen LogP contribution in [0, 0.1) is 6.92 Å². The number of nitrogens with zero attached hydrogens (tertiary/aromatic N) is 1. The highest BCUT2D eigenvalue weighted by Gasteiger charge is 2.27. The number of amidine groups is 1. The highest BCUT2D eigenvalue weighted by Crippen LogP contribution is 2.40. The SMILES string of the molecule is CSc1sc(/C(N)=N\C(=O)OC(C)(C)C)cc1S(=O)(=O)c1cccc(-c2c(C)cc(NC(=O)OCC[Si](C)(C)C)cc2NC(=O)NCCCCCC(=O)O)c1. The van der Waals surface area contributed by atoms with Gasteiger partial charge in [0.15, 0.2) is 0 Å². The molecule has 0 spiro atoms. The number of carboxylic acids is 1.